The topological polar surface area (TPSA) is 79.7 Å². The van der Waals surface area contributed by atoms with E-state index in [0.29, 0.717) is 18.7 Å². The molecule has 36 heavy (non-hydrogen) atoms. The van der Waals surface area contributed by atoms with Gasteiger partial charge in [-0.05, 0) is 91.9 Å². The molecule has 2 aromatic carbocycles. The molecule has 0 unspecified atom stereocenters. The van der Waals surface area contributed by atoms with Crippen LogP contribution in [0.15, 0.2) is 47.3 Å². The second-order valence-electron chi connectivity index (χ2n) is 11.0. The first-order valence-electron chi connectivity index (χ1n) is 12.3. The second kappa shape index (κ2) is 9.93. The van der Waals surface area contributed by atoms with Crippen molar-refractivity contribution in [3.63, 3.8) is 0 Å². The zero-order valence-corrected chi connectivity index (χ0v) is 22.1. The summed E-state index contributed by atoms with van der Waals surface area (Å²) < 4.78 is 15.5. The first kappa shape index (κ1) is 25.7. The van der Waals surface area contributed by atoms with Crippen LogP contribution in [0.4, 0.5) is 4.39 Å². The Balaban J connectivity index is 1.83. The number of aryl methyl sites for hydroxylation is 2. The van der Waals surface area contributed by atoms with E-state index in [-0.39, 0.29) is 28.9 Å². The zero-order valence-electron chi connectivity index (χ0n) is 22.1. The smallest absolute Gasteiger partial charge is 0.252 e. The summed E-state index contributed by atoms with van der Waals surface area (Å²) in [6.07, 6.45) is 0. The van der Waals surface area contributed by atoms with Gasteiger partial charge < -0.3 is 4.98 Å². The van der Waals surface area contributed by atoms with E-state index in [1.807, 2.05) is 23.7 Å². The normalized spacial score (nSPS) is 13.2. The molecule has 2 heterocycles. The Labute approximate surface area is 211 Å². The van der Waals surface area contributed by atoms with E-state index in [0.717, 1.165) is 33.4 Å². The number of nitrogens with one attached hydrogen (secondary N) is 1. The van der Waals surface area contributed by atoms with Crippen LogP contribution in [-0.4, -0.2) is 30.1 Å². The van der Waals surface area contributed by atoms with Crippen molar-refractivity contribution in [2.75, 3.05) is 0 Å². The van der Waals surface area contributed by atoms with E-state index in [1.165, 1.54) is 12.1 Å². The number of halogens is 1. The Morgan fingerprint density at radius 2 is 1.75 bits per heavy atom. The Hall–Kier alpha value is -3.39. The SMILES string of the molecule is Cc1cc(C)c2cc(CN(Cc3ccc(F)cc3)[C@H](c3nnnn3C(C)(C)C)C(C)C)c(=O)[nH]c2c1. The van der Waals surface area contributed by atoms with E-state index in [1.54, 1.807) is 12.1 Å². The van der Waals surface area contributed by atoms with Crippen molar-refractivity contribution in [2.45, 2.75) is 73.1 Å². The minimum absolute atomic E-state index is 0.116. The van der Waals surface area contributed by atoms with Crippen LogP contribution in [0, 0.1) is 25.6 Å². The van der Waals surface area contributed by atoms with Crippen molar-refractivity contribution >= 4 is 10.9 Å². The summed E-state index contributed by atoms with van der Waals surface area (Å²) in [4.78, 5) is 18.5. The minimum atomic E-state index is -0.317. The van der Waals surface area contributed by atoms with Crippen LogP contribution in [0.2, 0.25) is 0 Å². The number of aromatic nitrogens is 5. The first-order chi connectivity index (χ1) is 16.9. The molecule has 8 heteroatoms. The average Bonchev–Trinajstić information content (AvgIpc) is 3.26. The Morgan fingerprint density at radius 3 is 2.39 bits per heavy atom. The summed E-state index contributed by atoms with van der Waals surface area (Å²) in [7, 11) is 0. The average molecular weight is 491 g/mol. The molecular formula is C28H35FN6O. The van der Waals surface area contributed by atoms with E-state index in [4.69, 9.17) is 0 Å². The van der Waals surface area contributed by atoms with Crippen molar-refractivity contribution in [3.05, 3.63) is 86.7 Å². The van der Waals surface area contributed by atoms with Crippen LogP contribution in [0.1, 0.15) is 68.7 Å². The van der Waals surface area contributed by atoms with Crippen LogP contribution in [0.3, 0.4) is 0 Å². The van der Waals surface area contributed by atoms with Crippen molar-refractivity contribution in [2.24, 2.45) is 5.92 Å². The van der Waals surface area contributed by atoms with Crippen molar-refractivity contribution < 1.29 is 4.39 Å². The van der Waals surface area contributed by atoms with Gasteiger partial charge >= 0.3 is 0 Å². The number of nitrogens with zero attached hydrogens (tertiary/aromatic N) is 5. The van der Waals surface area contributed by atoms with Gasteiger partial charge in [-0.3, -0.25) is 9.69 Å². The number of fused-ring (bicyclic) bond motifs is 1. The van der Waals surface area contributed by atoms with Crippen LogP contribution in [-0.2, 0) is 18.6 Å². The summed E-state index contributed by atoms with van der Waals surface area (Å²) in [5.74, 6) is 0.601. The highest BCUT2D eigenvalue weighted by atomic mass is 19.1. The highest BCUT2D eigenvalue weighted by Crippen LogP contribution is 2.32. The minimum Gasteiger partial charge on any atom is -0.322 e. The number of H-pyrrole nitrogens is 1. The van der Waals surface area contributed by atoms with Gasteiger partial charge in [-0.2, -0.15) is 0 Å². The lowest BCUT2D eigenvalue weighted by Gasteiger charge is -2.35. The van der Waals surface area contributed by atoms with Gasteiger partial charge in [0.2, 0.25) is 0 Å². The molecule has 0 aliphatic carbocycles. The molecule has 0 aliphatic heterocycles. The number of rotatable bonds is 7. The van der Waals surface area contributed by atoms with E-state index < -0.39 is 0 Å². The molecule has 1 N–H and O–H groups in total. The molecule has 4 rings (SSSR count). The quantitative estimate of drug-likeness (QED) is 0.374. The predicted octanol–water partition coefficient (Wildman–Crippen LogP) is 5.43. The molecule has 190 valence electrons. The number of hydrogen-bond acceptors (Lipinski definition) is 5. The third-order valence-corrected chi connectivity index (χ3v) is 6.48. The van der Waals surface area contributed by atoms with Gasteiger partial charge in [0.25, 0.3) is 5.56 Å². The van der Waals surface area contributed by atoms with Gasteiger partial charge in [-0.1, -0.05) is 32.0 Å². The lowest BCUT2D eigenvalue weighted by molar-refractivity contribution is 0.119. The highest BCUT2D eigenvalue weighted by Gasteiger charge is 2.33. The van der Waals surface area contributed by atoms with Crippen molar-refractivity contribution in [1.29, 1.82) is 0 Å². The van der Waals surface area contributed by atoms with Gasteiger partial charge in [0, 0.05) is 29.6 Å². The molecule has 0 fully saturated rings. The summed E-state index contributed by atoms with van der Waals surface area (Å²) >= 11 is 0. The van der Waals surface area contributed by atoms with Crippen LogP contribution in [0.5, 0.6) is 0 Å². The molecular weight excluding hydrogens is 455 g/mol. The maximum Gasteiger partial charge on any atom is 0.252 e. The number of aromatic amines is 1. The lowest BCUT2D eigenvalue weighted by Crippen LogP contribution is -2.37. The van der Waals surface area contributed by atoms with Crippen molar-refractivity contribution in [3.8, 4) is 0 Å². The molecule has 0 saturated heterocycles. The standard InChI is InChI=1S/C28H35FN6O/c1-17(2)25(26-31-32-33-35(26)28(5,6)7)34(15-20-8-10-22(29)11-9-20)16-21-14-23-19(4)12-18(3)13-24(23)30-27(21)36/h8-14,17,25H,15-16H2,1-7H3,(H,30,36)/t25-/m0/s1. The summed E-state index contributed by atoms with van der Waals surface area (Å²) in [5.41, 5.74) is 4.24. The molecule has 0 aliphatic rings. The Morgan fingerprint density at radius 1 is 1.06 bits per heavy atom. The Kier molecular flexibility index (Phi) is 7.09. The highest BCUT2D eigenvalue weighted by molar-refractivity contribution is 5.83. The largest absolute Gasteiger partial charge is 0.322 e. The Bertz CT molecular complexity index is 1410. The number of hydrogen-bond donors (Lipinski definition) is 1. The van der Waals surface area contributed by atoms with Crippen LogP contribution < -0.4 is 5.56 Å². The third-order valence-electron chi connectivity index (χ3n) is 6.48. The summed E-state index contributed by atoms with van der Waals surface area (Å²) in [5, 5.41) is 13.7. The lowest BCUT2D eigenvalue weighted by atomic mass is 9.98. The van der Waals surface area contributed by atoms with Gasteiger partial charge in [0.1, 0.15) is 5.82 Å². The number of pyridine rings is 1. The fourth-order valence-electron chi connectivity index (χ4n) is 4.87. The van der Waals surface area contributed by atoms with Gasteiger partial charge in [-0.25, -0.2) is 9.07 Å². The molecule has 4 aromatic rings. The molecule has 0 saturated carbocycles. The number of tetrazole rings is 1. The van der Waals surface area contributed by atoms with Crippen LogP contribution >= 0.6 is 0 Å². The zero-order chi connectivity index (χ0) is 26.2. The summed E-state index contributed by atoms with van der Waals surface area (Å²) in [6.45, 7) is 15.4. The predicted molar refractivity (Wildman–Crippen MR) is 140 cm³/mol. The molecule has 0 amide bonds. The molecule has 0 radical (unpaired) electrons. The fourth-order valence-corrected chi connectivity index (χ4v) is 4.87. The van der Waals surface area contributed by atoms with Gasteiger partial charge in [-0.15, -0.1) is 5.10 Å². The monoisotopic (exact) mass is 490 g/mol. The summed E-state index contributed by atoms with van der Waals surface area (Å²) in [6, 6.07) is 12.4. The maximum atomic E-state index is 13.6. The number of benzene rings is 2. The molecule has 0 bridgehead atoms. The van der Waals surface area contributed by atoms with Gasteiger partial charge in [0.15, 0.2) is 5.82 Å². The maximum absolute atomic E-state index is 13.6. The van der Waals surface area contributed by atoms with Gasteiger partial charge in [0.05, 0.1) is 11.6 Å². The second-order valence-corrected chi connectivity index (χ2v) is 11.0. The van der Waals surface area contributed by atoms with Crippen molar-refractivity contribution in [1.82, 2.24) is 30.1 Å². The molecule has 2 aromatic heterocycles. The first-order valence-corrected chi connectivity index (χ1v) is 12.3. The van der Waals surface area contributed by atoms with E-state index in [9.17, 15) is 9.18 Å². The molecule has 1 atom stereocenters. The van der Waals surface area contributed by atoms with E-state index >= 15 is 0 Å². The van der Waals surface area contributed by atoms with Crippen LogP contribution in [0.25, 0.3) is 10.9 Å². The van der Waals surface area contributed by atoms with E-state index in [2.05, 4.69) is 73.0 Å². The molecule has 7 nitrogen and oxygen atoms in total. The fraction of sp³-hybridized carbons (Fsp3) is 0.429. The molecule has 0 spiro atoms. The third kappa shape index (κ3) is 5.38.